The van der Waals surface area contributed by atoms with E-state index in [2.05, 4.69) is 31.0 Å². The molecule has 4 nitrogen and oxygen atoms in total. The van der Waals surface area contributed by atoms with E-state index in [9.17, 15) is 4.79 Å². The van der Waals surface area contributed by atoms with Crippen LogP contribution in [0.4, 0.5) is 0 Å². The van der Waals surface area contributed by atoms with Crippen LogP contribution in [0, 0.1) is 11.8 Å². The Hall–Kier alpha value is -0.610. The molecular formula is C15H30N2O2. The first-order valence-corrected chi connectivity index (χ1v) is 7.68. The highest BCUT2D eigenvalue weighted by atomic mass is 16.4. The van der Waals surface area contributed by atoms with Gasteiger partial charge in [-0.05, 0) is 31.2 Å². The maximum Gasteiger partial charge on any atom is 0.304 e. The lowest BCUT2D eigenvalue weighted by molar-refractivity contribution is -0.137. The molecule has 0 radical (unpaired) electrons. The van der Waals surface area contributed by atoms with E-state index in [0.29, 0.717) is 18.5 Å². The Morgan fingerprint density at radius 2 is 2.16 bits per heavy atom. The number of piperidine rings is 1. The van der Waals surface area contributed by atoms with Crippen molar-refractivity contribution >= 4 is 5.97 Å². The summed E-state index contributed by atoms with van der Waals surface area (Å²) in [5.41, 5.74) is 0. The van der Waals surface area contributed by atoms with Gasteiger partial charge in [-0.2, -0.15) is 0 Å². The lowest BCUT2D eigenvalue weighted by atomic mass is 9.90. The average molecular weight is 270 g/mol. The van der Waals surface area contributed by atoms with Crippen LogP contribution in [0.15, 0.2) is 0 Å². The van der Waals surface area contributed by atoms with Crippen molar-refractivity contribution in [2.45, 2.75) is 52.5 Å². The molecule has 1 aliphatic rings. The molecule has 0 amide bonds. The first-order chi connectivity index (χ1) is 9.01. The molecule has 1 heterocycles. The van der Waals surface area contributed by atoms with Crippen molar-refractivity contribution in [3.05, 3.63) is 0 Å². The SMILES string of the molecule is CCCC1CC(NCC(C)C)CN(CCC(=O)O)C1. The van der Waals surface area contributed by atoms with Crippen LogP contribution in [0.5, 0.6) is 0 Å². The van der Waals surface area contributed by atoms with E-state index >= 15 is 0 Å². The van der Waals surface area contributed by atoms with E-state index in [0.717, 1.165) is 25.6 Å². The van der Waals surface area contributed by atoms with E-state index in [4.69, 9.17) is 5.11 Å². The van der Waals surface area contributed by atoms with Crippen LogP contribution in [-0.4, -0.2) is 48.2 Å². The second-order valence-corrected chi connectivity index (χ2v) is 6.29. The fourth-order valence-electron chi connectivity index (χ4n) is 2.91. The number of likely N-dealkylation sites (tertiary alicyclic amines) is 1. The molecule has 0 aliphatic carbocycles. The highest BCUT2D eigenvalue weighted by Gasteiger charge is 2.26. The summed E-state index contributed by atoms with van der Waals surface area (Å²) in [5, 5.41) is 12.5. The van der Waals surface area contributed by atoms with Gasteiger partial charge in [-0.15, -0.1) is 0 Å². The van der Waals surface area contributed by atoms with E-state index in [1.54, 1.807) is 0 Å². The molecule has 2 atom stereocenters. The average Bonchev–Trinajstić information content (AvgIpc) is 2.34. The first kappa shape index (κ1) is 16.4. The molecule has 1 aliphatic heterocycles. The van der Waals surface area contributed by atoms with Crippen LogP contribution in [0.25, 0.3) is 0 Å². The third-order valence-corrected chi connectivity index (χ3v) is 3.77. The largest absolute Gasteiger partial charge is 0.481 e. The second-order valence-electron chi connectivity index (χ2n) is 6.29. The molecular weight excluding hydrogens is 240 g/mol. The van der Waals surface area contributed by atoms with Gasteiger partial charge in [0.2, 0.25) is 0 Å². The van der Waals surface area contributed by atoms with Crippen molar-refractivity contribution in [3.63, 3.8) is 0 Å². The van der Waals surface area contributed by atoms with Gasteiger partial charge < -0.3 is 15.3 Å². The Morgan fingerprint density at radius 1 is 1.42 bits per heavy atom. The minimum Gasteiger partial charge on any atom is -0.481 e. The number of rotatable bonds is 8. The fourth-order valence-corrected chi connectivity index (χ4v) is 2.91. The predicted molar refractivity (Wildman–Crippen MR) is 78.3 cm³/mol. The number of aliphatic carboxylic acids is 1. The third-order valence-electron chi connectivity index (χ3n) is 3.77. The molecule has 112 valence electrons. The predicted octanol–water partition coefficient (Wildman–Crippen LogP) is 2.20. The van der Waals surface area contributed by atoms with Crippen molar-refractivity contribution in [3.8, 4) is 0 Å². The monoisotopic (exact) mass is 270 g/mol. The number of nitrogens with one attached hydrogen (secondary N) is 1. The van der Waals surface area contributed by atoms with Crippen LogP contribution in [0.3, 0.4) is 0 Å². The van der Waals surface area contributed by atoms with Crippen LogP contribution in [-0.2, 0) is 4.79 Å². The molecule has 19 heavy (non-hydrogen) atoms. The standard InChI is InChI=1S/C15H30N2O2/c1-4-5-13-8-14(16-9-12(2)3)11-17(10-13)7-6-15(18)19/h12-14,16H,4-11H2,1-3H3,(H,18,19). The Kier molecular flexibility index (Phi) is 7.39. The summed E-state index contributed by atoms with van der Waals surface area (Å²) in [6.07, 6.45) is 3.97. The number of carboxylic acid groups (broad SMARTS) is 1. The molecule has 1 fully saturated rings. The zero-order valence-corrected chi connectivity index (χ0v) is 12.7. The number of carboxylic acids is 1. The topological polar surface area (TPSA) is 52.6 Å². The Balaban J connectivity index is 2.44. The summed E-state index contributed by atoms with van der Waals surface area (Å²) in [6.45, 7) is 10.5. The number of nitrogens with zero attached hydrogens (tertiary/aromatic N) is 1. The molecule has 1 rings (SSSR count). The van der Waals surface area contributed by atoms with Crippen molar-refractivity contribution in [1.82, 2.24) is 10.2 Å². The summed E-state index contributed by atoms with van der Waals surface area (Å²) in [6, 6.07) is 0.529. The maximum atomic E-state index is 10.7. The zero-order valence-electron chi connectivity index (χ0n) is 12.7. The lowest BCUT2D eigenvalue weighted by Gasteiger charge is -2.38. The van der Waals surface area contributed by atoms with Crippen LogP contribution in [0.2, 0.25) is 0 Å². The highest BCUT2D eigenvalue weighted by Crippen LogP contribution is 2.21. The van der Waals surface area contributed by atoms with Gasteiger partial charge in [0, 0.05) is 25.7 Å². The smallest absolute Gasteiger partial charge is 0.304 e. The summed E-state index contributed by atoms with van der Waals surface area (Å²) < 4.78 is 0. The number of carbonyl (C=O) groups is 1. The van der Waals surface area contributed by atoms with Crippen molar-refractivity contribution in [2.75, 3.05) is 26.2 Å². The van der Waals surface area contributed by atoms with Gasteiger partial charge in [0.05, 0.1) is 6.42 Å². The van der Waals surface area contributed by atoms with Gasteiger partial charge in [0.15, 0.2) is 0 Å². The van der Waals surface area contributed by atoms with E-state index in [1.807, 2.05) is 0 Å². The van der Waals surface area contributed by atoms with Crippen molar-refractivity contribution < 1.29 is 9.90 Å². The highest BCUT2D eigenvalue weighted by molar-refractivity contribution is 5.66. The Bertz CT molecular complexity index is 269. The maximum absolute atomic E-state index is 10.7. The van der Waals surface area contributed by atoms with E-state index in [-0.39, 0.29) is 6.42 Å². The molecule has 4 heteroatoms. The van der Waals surface area contributed by atoms with Crippen LogP contribution in [0.1, 0.15) is 46.5 Å². The summed E-state index contributed by atoms with van der Waals surface area (Å²) in [5.74, 6) is 0.695. The zero-order chi connectivity index (χ0) is 14.3. The van der Waals surface area contributed by atoms with Gasteiger partial charge in [-0.3, -0.25) is 4.79 Å². The second kappa shape index (κ2) is 8.54. The van der Waals surface area contributed by atoms with Gasteiger partial charge in [-0.25, -0.2) is 0 Å². The van der Waals surface area contributed by atoms with Gasteiger partial charge in [0.1, 0.15) is 0 Å². The molecule has 0 saturated carbocycles. The molecule has 0 aromatic heterocycles. The molecule has 2 unspecified atom stereocenters. The minimum absolute atomic E-state index is 0.260. The van der Waals surface area contributed by atoms with E-state index < -0.39 is 5.97 Å². The summed E-state index contributed by atoms with van der Waals surface area (Å²) in [4.78, 5) is 13.0. The molecule has 1 saturated heterocycles. The summed E-state index contributed by atoms with van der Waals surface area (Å²) in [7, 11) is 0. The molecule has 2 N–H and O–H groups in total. The minimum atomic E-state index is -0.690. The molecule has 0 aromatic carbocycles. The van der Waals surface area contributed by atoms with E-state index in [1.165, 1.54) is 19.3 Å². The Morgan fingerprint density at radius 3 is 2.74 bits per heavy atom. The van der Waals surface area contributed by atoms with Crippen LogP contribution < -0.4 is 5.32 Å². The molecule has 0 aromatic rings. The van der Waals surface area contributed by atoms with Gasteiger partial charge >= 0.3 is 5.97 Å². The molecule has 0 spiro atoms. The van der Waals surface area contributed by atoms with Crippen molar-refractivity contribution in [1.29, 1.82) is 0 Å². The quantitative estimate of drug-likeness (QED) is 0.710. The third kappa shape index (κ3) is 6.92. The Labute approximate surface area is 117 Å². The fraction of sp³-hybridized carbons (Fsp3) is 0.933. The van der Waals surface area contributed by atoms with Crippen molar-refractivity contribution in [2.24, 2.45) is 11.8 Å². The lowest BCUT2D eigenvalue weighted by Crippen LogP contribution is -2.50. The normalized spacial score (nSPS) is 24.8. The summed E-state index contributed by atoms with van der Waals surface area (Å²) >= 11 is 0. The number of hydrogen-bond acceptors (Lipinski definition) is 3. The molecule has 0 bridgehead atoms. The first-order valence-electron chi connectivity index (χ1n) is 7.68. The number of hydrogen-bond donors (Lipinski definition) is 2. The van der Waals surface area contributed by atoms with Crippen LogP contribution >= 0.6 is 0 Å². The van der Waals surface area contributed by atoms with Gasteiger partial charge in [-0.1, -0.05) is 27.2 Å². The van der Waals surface area contributed by atoms with Gasteiger partial charge in [0.25, 0.3) is 0 Å².